The maximum absolute atomic E-state index is 12.3. The van der Waals surface area contributed by atoms with Crippen molar-refractivity contribution in [1.82, 2.24) is 0 Å². The van der Waals surface area contributed by atoms with E-state index in [4.69, 9.17) is 4.55 Å². The van der Waals surface area contributed by atoms with Gasteiger partial charge in [-0.3, -0.25) is 12.9 Å². The summed E-state index contributed by atoms with van der Waals surface area (Å²) in [5.74, 6) is -0.907. The van der Waals surface area contributed by atoms with Gasteiger partial charge in [-0.2, -0.15) is 25.3 Å². The second-order valence-corrected chi connectivity index (χ2v) is 10.2. The first kappa shape index (κ1) is 20.7. The first-order valence-electron chi connectivity index (χ1n) is 6.94. The summed E-state index contributed by atoms with van der Waals surface area (Å²) >= 11 is 0. The number of hydrogen-bond donors (Lipinski definition) is 1. The number of benzene rings is 2. The summed E-state index contributed by atoms with van der Waals surface area (Å²) in [6, 6.07) is 4.87. The van der Waals surface area contributed by atoms with Gasteiger partial charge < -0.3 is 0 Å². The highest BCUT2D eigenvalue weighted by Crippen LogP contribution is 2.33. The van der Waals surface area contributed by atoms with Crippen LogP contribution in [0.3, 0.4) is 0 Å². The zero-order valence-electron chi connectivity index (χ0n) is 14.0. The van der Waals surface area contributed by atoms with Gasteiger partial charge in [0, 0.05) is 10.8 Å². The molecule has 9 nitrogen and oxygen atoms in total. The molecular weight excluding hydrogens is 408 g/mol. The van der Waals surface area contributed by atoms with Crippen LogP contribution < -0.4 is 0 Å². The molecular formula is C14H16O9S3. The zero-order valence-corrected chi connectivity index (χ0v) is 16.4. The molecule has 2 aromatic carbocycles. The van der Waals surface area contributed by atoms with E-state index >= 15 is 0 Å². The SMILES string of the molecule is COS(=O)(=O)c1cc(CS(=O)(=O)O)cc2c(S(=O)(=O)OC)cc(C)cc12. The van der Waals surface area contributed by atoms with Crippen molar-refractivity contribution in [3.05, 3.63) is 35.4 Å². The molecule has 0 atom stereocenters. The van der Waals surface area contributed by atoms with Gasteiger partial charge in [-0.25, -0.2) is 0 Å². The highest BCUT2D eigenvalue weighted by Gasteiger charge is 2.25. The van der Waals surface area contributed by atoms with Gasteiger partial charge in [0.25, 0.3) is 30.4 Å². The number of fused-ring (bicyclic) bond motifs is 1. The summed E-state index contributed by atoms with van der Waals surface area (Å²) in [4.78, 5) is -0.757. The number of hydrogen-bond acceptors (Lipinski definition) is 8. The van der Waals surface area contributed by atoms with Crippen molar-refractivity contribution in [2.45, 2.75) is 22.5 Å². The smallest absolute Gasteiger partial charge is 0.285 e. The van der Waals surface area contributed by atoms with Gasteiger partial charge in [-0.05, 0) is 42.3 Å². The minimum atomic E-state index is -4.49. The molecule has 12 heteroatoms. The topological polar surface area (TPSA) is 141 Å². The molecule has 0 spiro atoms. The van der Waals surface area contributed by atoms with Gasteiger partial charge in [-0.15, -0.1) is 0 Å². The normalized spacial score (nSPS) is 13.2. The average Bonchev–Trinajstić information content (AvgIpc) is 2.52. The summed E-state index contributed by atoms with van der Waals surface area (Å²) < 4.78 is 89.4. The summed E-state index contributed by atoms with van der Waals surface area (Å²) in [6.07, 6.45) is 0. The van der Waals surface area contributed by atoms with Crippen molar-refractivity contribution in [2.75, 3.05) is 14.2 Å². The molecule has 0 aliphatic carbocycles. The predicted octanol–water partition coefficient (Wildman–Crippen LogP) is 1.21. The van der Waals surface area contributed by atoms with E-state index in [0.717, 1.165) is 20.3 Å². The lowest BCUT2D eigenvalue weighted by Gasteiger charge is -2.13. The van der Waals surface area contributed by atoms with Gasteiger partial charge >= 0.3 is 0 Å². The lowest BCUT2D eigenvalue weighted by Crippen LogP contribution is -2.09. The Kier molecular flexibility index (Phi) is 5.48. The fourth-order valence-electron chi connectivity index (χ4n) is 2.48. The van der Waals surface area contributed by atoms with E-state index in [2.05, 4.69) is 8.37 Å². The Labute approximate surface area is 151 Å². The van der Waals surface area contributed by atoms with Crippen LogP contribution in [0.1, 0.15) is 11.1 Å². The second-order valence-electron chi connectivity index (χ2n) is 5.42. The Morgan fingerprint density at radius 1 is 0.808 bits per heavy atom. The van der Waals surface area contributed by atoms with Crippen molar-refractivity contribution >= 4 is 41.1 Å². The molecule has 0 heterocycles. The molecule has 2 aromatic rings. The summed E-state index contributed by atoms with van der Waals surface area (Å²) in [7, 11) is -11.2. The first-order chi connectivity index (χ1) is 11.8. The van der Waals surface area contributed by atoms with E-state index in [1.807, 2.05) is 0 Å². The van der Waals surface area contributed by atoms with Crippen molar-refractivity contribution in [3.8, 4) is 0 Å². The fraction of sp³-hybridized carbons (Fsp3) is 0.286. The van der Waals surface area contributed by atoms with Crippen molar-refractivity contribution in [1.29, 1.82) is 0 Å². The monoisotopic (exact) mass is 424 g/mol. The molecule has 0 fully saturated rings. The maximum atomic E-state index is 12.3. The van der Waals surface area contributed by atoms with Crippen molar-refractivity contribution in [3.63, 3.8) is 0 Å². The van der Waals surface area contributed by atoms with Gasteiger partial charge in [0.1, 0.15) is 15.5 Å². The van der Waals surface area contributed by atoms with E-state index in [0.29, 0.717) is 5.56 Å². The average molecular weight is 424 g/mol. The number of aryl methyl sites for hydroxylation is 1. The summed E-state index contributed by atoms with van der Waals surface area (Å²) in [5.41, 5.74) is 0.301. The van der Waals surface area contributed by atoms with Crippen LogP contribution in [0.5, 0.6) is 0 Å². The van der Waals surface area contributed by atoms with E-state index in [1.165, 1.54) is 18.2 Å². The molecule has 0 radical (unpaired) electrons. The van der Waals surface area contributed by atoms with Gasteiger partial charge in [-0.1, -0.05) is 0 Å². The minimum absolute atomic E-state index is 0.0153. The molecule has 0 aliphatic rings. The lowest BCUT2D eigenvalue weighted by atomic mass is 10.1. The number of rotatable bonds is 6. The Morgan fingerprint density at radius 2 is 1.27 bits per heavy atom. The molecule has 2 rings (SSSR count). The van der Waals surface area contributed by atoms with Crippen LogP contribution in [0, 0.1) is 6.92 Å². The van der Waals surface area contributed by atoms with E-state index in [1.54, 1.807) is 6.92 Å². The molecule has 144 valence electrons. The quantitative estimate of drug-likeness (QED) is 0.535. The largest absolute Gasteiger partial charge is 0.297 e. The molecule has 0 bridgehead atoms. The molecule has 0 saturated carbocycles. The van der Waals surface area contributed by atoms with Crippen LogP contribution in [-0.2, 0) is 44.5 Å². The molecule has 0 aromatic heterocycles. The van der Waals surface area contributed by atoms with Gasteiger partial charge in [0.05, 0.1) is 14.2 Å². The van der Waals surface area contributed by atoms with Crippen LogP contribution in [0.2, 0.25) is 0 Å². The molecule has 0 saturated heterocycles. The molecule has 0 unspecified atom stereocenters. The van der Waals surface area contributed by atoms with E-state index in [9.17, 15) is 25.3 Å². The summed E-state index contributed by atoms with van der Waals surface area (Å²) in [6.45, 7) is 1.56. The van der Waals surface area contributed by atoms with Crippen LogP contribution in [0.4, 0.5) is 0 Å². The van der Waals surface area contributed by atoms with E-state index in [-0.39, 0.29) is 21.2 Å². The van der Waals surface area contributed by atoms with Crippen LogP contribution >= 0.6 is 0 Å². The van der Waals surface area contributed by atoms with Crippen LogP contribution in [0.25, 0.3) is 10.8 Å². The van der Waals surface area contributed by atoms with Crippen molar-refractivity contribution in [2.24, 2.45) is 0 Å². The van der Waals surface area contributed by atoms with Gasteiger partial charge in [0.2, 0.25) is 0 Å². The third-order valence-corrected chi connectivity index (χ3v) is 6.85. The Bertz CT molecular complexity index is 1180. The Hall–Kier alpha value is -1.57. The Balaban J connectivity index is 3.07. The third-order valence-electron chi connectivity index (χ3n) is 3.52. The Morgan fingerprint density at radius 3 is 1.73 bits per heavy atom. The fourth-order valence-corrected chi connectivity index (χ4v) is 4.93. The van der Waals surface area contributed by atoms with Gasteiger partial charge in [0.15, 0.2) is 0 Å². The minimum Gasteiger partial charge on any atom is -0.285 e. The maximum Gasteiger partial charge on any atom is 0.297 e. The highest BCUT2D eigenvalue weighted by molar-refractivity contribution is 7.87. The second kappa shape index (κ2) is 6.87. The third kappa shape index (κ3) is 4.22. The summed E-state index contributed by atoms with van der Waals surface area (Å²) in [5, 5.41) is -0.0595. The first-order valence-corrected chi connectivity index (χ1v) is 11.4. The molecule has 1 N–H and O–H groups in total. The van der Waals surface area contributed by atoms with Crippen molar-refractivity contribution < 1.29 is 38.2 Å². The standard InChI is InChI=1S/C14H16O9S3/c1-9-4-11-12(13(5-9)25(18,19)22-2)6-10(8-24(15,16)17)7-14(11)26(20,21)23-3/h4-7H,8H2,1-3H3,(H,15,16,17). The molecule has 26 heavy (non-hydrogen) atoms. The lowest BCUT2D eigenvalue weighted by molar-refractivity contribution is 0.396. The molecule has 0 amide bonds. The van der Waals surface area contributed by atoms with Crippen LogP contribution in [0.15, 0.2) is 34.1 Å². The molecule has 0 aliphatic heterocycles. The van der Waals surface area contributed by atoms with E-state index < -0.39 is 41.0 Å². The van der Waals surface area contributed by atoms with Crippen LogP contribution in [-0.4, -0.2) is 44.0 Å². The highest BCUT2D eigenvalue weighted by atomic mass is 32.2. The predicted molar refractivity (Wildman–Crippen MR) is 92.3 cm³/mol. The zero-order chi connectivity index (χ0) is 19.9.